The fourth-order valence-corrected chi connectivity index (χ4v) is 1.53. The van der Waals surface area contributed by atoms with E-state index in [1.807, 2.05) is 18.9 Å². The van der Waals surface area contributed by atoms with Gasteiger partial charge >= 0.3 is 6.03 Å². The van der Waals surface area contributed by atoms with E-state index in [2.05, 4.69) is 16.0 Å². The Kier molecular flexibility index (Phi) is 5.93. The average molecular weight is 242 g/mol. The average Bonchev–Trinajstić information content (AvgIpc) is 2.14. The monoisotopic (exact) mass is 242 g/mol. The third-order valence-corrected chi connectivity index (χ3v) is 2.85. The van der Waals surface area contributed by atoms with Gasteiger partial charge in [-0.1, -0.05) is 13.3 Å². The number of amides is 3. The number of unbranched alkanes of at least 4 members (excludes halogenated alkanes) is 1. The van der Waals surface area contributed by atoms with Crippen LogP contribution >= 0.6 is 0 Å². The van der Waals surface area contributed by atoms with Crippen LogP contribution in [0.3, 0.4) is 0 Å². The van der Waals surface area contributed by atoms with E-state index in [4.69, 9.17) is 0 Å². The van der Waals surface area contributed by atoms with Gasteiger partial charge < -0.3 is 10.6 Å². The topological polar surface area (TPSA) is 73.5 Å². The van der Waals surface area contributed by atoms with Crippen LogP contribution in [0.2, 0.25) is 0 Å². The van der Waals surface area contributed by atoms with E-state index in [1.165, 1.54) is 0 Å². The number of nitrogens with one attached hydrogen (secondary N) is 3. The van der Waals surface area contributed by atoms with Crippen molar-refractivity contribution in [1.29, 1.82) is 0 Å². The Morgan fingerprint density at radius 1 is 1.41 bits per heavy atom. The fourth-order valence-electron chi connectivity index (χ4n) is 1.53. The van der Waals surface area contributed by atoms with Gasteiger partial charge in [0.2, 0.25) is 5.91 Å². The lowest BCUT2D eigenvalue weighted by Gasteiger charge is -2.35. The Bertz CT molecular complexity index is 266. The van der Waals surface area contributed by atoms with Crippen LogP contribution in [0.4, 0.5) is 4.79 Å². The van der Waals surface area contributed by atoms with Crippen LogP contribution in [0, 0.1) is 0 Å². The molecule has 0 radical (unpaired) electrons. The Morgan fingerprint density at radius 2 is 2.12 bits per heavy atom. The Balaban J connectivity index is 2.12. The number of imide groups is 1. The second-order valence-electron chi connectivity index (χ2n) is 4.38. The second kappa shape index (κ2) is 7.24. The van der Waals surface area contributed by atoms with E-state index in [0.717, 1.165) is 25.9 Å². The molecular formula is C11H22N4O2. The molecule has 0 aromatic carbocycles. The van der Waals surface area contributed by atoms with E-state index in [-0.39, 0.29) is 12.5 Å². The fraction of sp³-hybridized carbons (Fsp3) is 0.818. The minimum atomic E-state index is -0.399. The van der Waals surface area contributed by atoms with Gasteiger partial charge in [-0.3, -0.25) is 15.0 Å². The number of carbonyl (C=O) groups is 2. The maximum atomic E-state index is 11.5. The molecule has 0 saturated carbocycles. The lowest BCUT2D eigenvalue weighted by atomic mass is 10.1. The molecule has 6 nitrogen and oxygen atoms in total. The molecule has 0 spiro atoms. The summed E-state index contributed by atoms with van der Waals surface area (Å²) in [5.74, 6) is -0.256. The molecular weight excluding hydrogens is 220 g/mol. The summed E-state index contributed by atoms with van der Waals surface area (Å²) in [4.78, 5) is 24.7. The molecule has 0 bridgehead atoms. The first-order chi connectivity index (χ1) is 8.13. The summed E-state index contributed by atoms with van der Waals surface area (Å²) in [7, 11) is 1.89. The molecule has 3 amide bonds. The third kappa shape index (κ3) is 5.14. The quantitative estimate of drug-likeness (QED) is 0.550. The van der Waals surface area contributed by atoms with Gasteiger partial charge in [0.05, 0.1) is 6.54 Å². The number of urea groups is 1. The number of nitrogens with zero attached hydrogens (tertiary/aromatic N) is 1. The molecule has 0 aliphatic carbocycles. The van der Waals surface area contributed by atoms with Gasteiger partial charge in [-0.25, -0.2) is 4.79 Å². The number of hydrogen-bond donors (Lipinski definition) is 3. The number of rotatable bonds is 6. The molecule has 1 aliphatic rings. The van der Waals surface area contributed by atoms with Gasteiger partial charge in [-0.05, 0) is 13.5 Å². The van der Waals surface area contributed by atoms with Crippen LogP contribution in [0.1, 0.15) is 19.8 Å². The number of likely N-dealkylation sites (N-methyl/N-ethyl adjacent to an activating group) is 1. The smallest absolute Gasteiger partial charge is 0.321 e. The minimum absolute atomic E-state index is 0.256. The van der Waals surface area contributed by atoms with Gasteiger partial charge in [0, 0.05) is 25.7 Å². The highest BCUT2D eigenvalue weighted by atomic mass is 16.2. The first-order valence-corrected chi connectivity index (χ1v) is 6.12. The molecule has 1 fully saturated rings. The van der Waals surface area contributed by atoms with Gasteiger partial charge in [0.15, 0.2) is 0 Å². The largest absolute Gasteiger partial charge is 0.338 e. The highest BCUT2D eigenvalue weighted by Gasteiger charge is 2.23. The maximum absolute atomic E-state index is 11.5. The van der Waals surface area contributed by atoms with Gasteiger partial charge in [-0.2, -0.15) is 0 Å². The predicted molar refractivity (Wildman–Crippen MR) is 65.7 cm³/mol. The zero-order chi connectivity index (χ0) is 12.7. The van der Waals surface area contributed by atoms with E-state index >= 15 is 0 Å². The van der Waals surface area contributed by atoms with Gasteiger partial charge in [0.25, 0.3) is 0 Å². The summed E-state index contributed by atoms with van der Waals surface area (Å²) in [6, 6.07) is 0.00693. The second-order valence-corrected chi connectivity index (χ2v) is 4.38. The molecule has 0 unspecified atom stereocenters. The molecule has 6 heteroatoms. The number of carbonyl (C=O) groups excluding carboxylic acids is 2. The van der Waals surface area contributed by atoms with Crippen molar-refractivity contribution in [3.63, 3.8) is 0 Å². The van der Waals surface area contributed by atoms with Crippen LogP contribution in [0.5, 0.6) is 0 Å². The van der Waals surface area contributed by atoms with Crippen LogP contribution in [0.25, 0.3) is 0 Å². The van der Waals surface area contributed by atoms with E-state index in [1.54, 1.807) is 0 Å². The molecule has 1 rings (SSSR count). The standard InChI is InChI=1S/C11H22N4O2/c1-3-4-5-13-11(17)14-10(16)8-15(2)9-6-12-7-9/h9,12H,3-8H2,1-2H3,(H2,13,14,16,17). The van der Waals surface area contributed by atoms with Crippen LogP contribution in [-0.4, -0.2) is 56.1 Å². The SMILES string of the molecule is CCCCNC(=O)NC(=O)CN(C)C1CNC1. The van der Waals surface area contributed by atoms with Crippen molar-refractivity contribution in [2.45, 2.75) is 25.8 Å². The van der Waals surface area contributed by atoms with E-state index < -0.39 is 6.03 Å². The minimum Gasteiger partial charge on any atom is -0.338 e. The van der Waals surface area contributed by atoms with E-state index in [0.29, 0.717) is 12.6 Å². The highest BCUT2D eigenvalue weighted by molar-refractivity contribution is 5.95. The van der Waals surface area contributed by atoms with Crippen molar-refractivity contribution in [3.8, 4) is 0 Å². The third-order valence-electron chi connectivity index (χ3n) is 2.85. The molecule has 17 heavy (non-hydrogen) atoms. The molecule has 0 aromatic heterocycles. The van der Waals surface area contributed by atoms with Crippen molar-refractivity contribution < 1.29 is 9.59 Å². The molecule has 1 heterocycles. The number of hydrogen-bond acceptors (Lipinski definition) is 4. The molecule has 3 N–H and O–H groups in total. The lowest BCUT2D eigenvalue weighted by molar-refractivity contribution is -0.121. The normalized spacial score (nSPS) is 15.5. The molecule has 0 aromatic rings. The van der Waals surface area contributed by atoms with Gasteiger partial charge in [0.1, 0.15) is 0 Å². The summed E-state index contributed by atoms with van der Waals surface area (Å²) < 4.78 is 0. The van der Waals surface area contributed by atoms with Crippen molar-refractivity contribution in [3.05, 3.63) is 0 Å². The summed E-state index contributed by atoms with van der Waals surface area (Å²) in [5.41, 5.74) is 0. The summed E-state index contributed by atoms with van der Waals surface area (Å²) in [5, 5.41) is 8.10. The van der Waals surface area contributed by atoms with Crippen molar-refractivity contribution >= 4 is 11.9 Å². The van der Waals surface area contributed by atoms with E-state index in [9.17, 15) is 9.59 Å². The van der Waals surface area contributed by atoms with Crippen molar-refractivity contribution in [2.24, 2.45) is 0 Å². The first kappa shape index (κ1) is 13.9. The van der Waals surface area contributed by atoms with Crippen LogP contribution in [-0.2, 0) is 4.79 Å². The zero-order valence-electron chi connectivity index (χ0n) is 10.6. The molecule has 1 aliphatic heterocycles. The predicted octanol–water partition coefficient (Wildman–Crippen LogP) is -0.484. The lowest BCUT2D eigenvalue weighted by Crippen LogP contribution is -2.58. The first-order valence-electron chi connectivity index (χ1n) is 6.12. The Hall–Kier alpha value is -1.14. The summed E-state index contributed by atoms with van der Waals surface area (Å²) in [6.45, 7) is 4.73. The maximum Gasteiger partial charge on any atom is 0.321 e. The van der Waals surface area contributed by atoms with Crippen molar-refractivity contribution in [2.75, 3.05) is 33.2 Å². The molecule has 0 atom stereocenters. The van der Waals surface area contributed by atoms with Crippen LogP contribution < -0.4 is 16.0 Å². The highest BCUT2D eigenvalue weighted by Crippen LogP contribution is 2.00. The van der Waals surface area contributed by atoms with Crippen LogP contribution in [0.15, 0.2) is 0 Å². The Morgan fingerprint density at radius 3 is 2.65 bits per heavy atom. The molecule has 98 valence electrons. The van der Waals surface area contributed by atoms with Crippen molar-refractivity contribution in [1.82, 2.24) is 20.9 Å². The summed E-state index contributed by atoms with van der Waals surface area (Å²) in [6.07, 6.45) is 1.95. The Labute approximate surface area is 102 Å². The summed E-state index contributed by atoms with van der Waals surface area (Å²) >= 11 is 0. The molecule has 1 saturated heterocycles. The zero-order valence-corrected chi connectivity index (χ0v) is 10.6. The van der Waals surface area contributed by atoms with Gasteiger partial charge in [-0.15, -0.1) is 0 Å².